The minimum Gasteiger partial charge on any atom is -0.505 e. The molecule has 0 aliphatic carbocycles. The molecule has 24 heavy (non-hydrogen) atoms. The van der Waals surface area contributed by atoms with Crippen LogP contribution >= 0.6 is 0 Å². The number of allylic oxidation sites excluding steroid dienone is 2. The molecular weight excluding hydrogens is 310 g/mol. The number of nitrogens with zero attached hydrogens (tertiary/aromatic N) is 1. The summed E-state index contributed by atoms with van der Waals surface area (Å²) in [7, 11) is 1.73. The van der Waals surface area contributed by atoms with Crippen molar-refractivity contribution < 1.29 is 13.9 Å². The van der Waals surface area contributed by atoms with E-state index in [1.807, 2.05) is 0 Å². The Morgan fingerprint density at radius 2 is 1.79 bits per heavy atom. The molecule has 2 aromatic carbocycles. The van der Waals surface area contributed by atoms with Gasteiger partial charge in [0.25, 0.3) is 0 Å². The van der Waals surface area contributed by atoms with Gasteiger partial charge >= 0.3 is 0 Å². The van der Waals surface area contributed by atoms with Crippen LogP contribution in [0.5, 0.6) is 0 Å². The molecule has 0 atom stereocenters. The molecule has 0 unspecified atom stereocenters. The zero-order valence-corrected chi connectivity index (χ0v) is 13.7. The number of benzene rings is 2. The number of hydrogen-bond donors (Lipinski definition) is 2. The van der Waals surface area contributed by atoms with E-state index in [0.717, 1.165) is 5.56 Å². The lowest BCUT2D eigenvalue weighted by atomic mass is 9.95. The second-order valence-electron chi connectivity index (χ2n) is 5.93. The molecule has 0 spiro atoms. The van der Waals surface area contributed by atoms with Crippen LogP contribution in [0.25, 0.3) is 5.57 Å². The number of rotatable bonds is 2. The Labute approximate surface area is 139 Å². The van der Waals surface area contributed by atoms with Gasteiger partial charge in [-0.2, -0.15) is 0 Å². The molecule has 5 heteroatoms. The van der Waals surface area contributed by atoms with Crippen molar-refractivity contribution in [3.63, 3.8) is 0 Å². The largest absolute Gasteiger partial charge is 0.505 e. The molecule has 1 aliphatic rings. The number of anilines is 3. The van der Waals surface area contributed by atoms with Crippen LogP contribution in [-0.2, 0) is 0 Å². The van der Waals surface area contributed by atoms with E-state index in [1.54, 1.807) is 37.9 Å². The summed E-state index contributed by atoms with van der Waals surface area (Å²) in [5.74, 6) is -0.861. The first kappa shape index (κ1) is 16.1. The average molecular weight is 328 g/mol. The molecule has 0 radical (unpaired) electrons. The van der Waals surface area contributed by atoms with Gasteiger partial charge in [0.1, 0.15) is 17.4 Å². The molecule has 1 heterocycles. The molecule has 0 saturated heterocycles. The van der Waals surface area contributed by atoms with Crippen molar-refractivity contribution in [1.82, 2.24) is 0 Å². The third kappa shape index (κ3) is 2.52. The number of aliphatic hydroxyl groups is 1. The summed E-state index contributed by atoms with van der Waals surface area (Å²) in [6.07, 6.45) is 0. The smallest absolute Gasteiger partial charge is 0.146 e. The fraction of sp³-hybridized carbons (Fsp3) is 0.158. The van der Waals surface area contributed by atoms with Crippen molar-refractivity contribution in [3.8, 4) is 0 Å². The van der Waals surface area contributed by atoms with Crippen molar-refractivity contribution in [2.75, 3.05) is 17.3 Å². The highest BCUT2D eigenvalue weighted by molar-refractivity contribution is 5.95. The quantitative estimate of drug-likeness (QED) is 0.788. The molecule has 2 N–H and O–H groups in total. The zero-order valence-electron chi connectivity index (χ0n) is 13.7. The predicted octanol–water partition coefficient (Wildman–Crippen LogP) is 5.27. The molecule has 0 bridgehead atoms. The minimum atomic E-state index is -0.461. The van der Waals surface area contributed by atoms with Crippen LogP contribution in [0.1, 0.15) is 18.1 Å². The molecule has 0 saturated carbocycles. The van der Waals surface area contributed by atoms with E-state index in [1.165, 1.54) is 18.2 Å². The summed E-state index contributed by atoms with van der Waals surface area (Å²) < 4.78 is 28.2. The van der Waals surface area contributed by atoms with Crippen LogP contribution in [0.2, 0.25) is 0 Å². The predicted molar refractivity (Wildman–Crippen MR) is 93.6 cm³/mol. The molecule has 0 fully saturated rings. The van der Waals surface area contributed by atoms with Crippen LogP contribution in [0, 0.1) is 18.6 Å². The third-order valence-electron chi connectivity index (χ3n) is 4.27. The summed E-state index contributed by atoms with van der Waals surface area (Å²) in [4.78, 5) is 1.68. The first-order valence-electron chi connectivity index (χ1n) is 7.49. The summed E-state index contributed by atoms with van der Waals surface area (Å²) in [5.41, 5.74) is 3.42. The second-order valence-corrected chi connectivity index (χ2v) is 5.93. The Kier molecular flexibility index (Phi) is 3.79. The number of aryl methyl sites for hydroxylation is 1. The van der Waals surface area contributed by atoms with Gasteiger partial charge in [0.15, 0.2) is 0 Å². The highest BCUT2D eigenvalue weighted by atomic mass is 19.1. The molecular formula is C19H18F2N2O. The Balaban J connectivity index is 2.15. The van der Waals surface area contributed by atoms with Gasteiger partial charge in [0.05, 0.1) is 22.8 Å². The topological polar surface area (TPSA) is 35.5 Å². The minimum absolute atomic E-state index is 0.0315. The van der Waals surface area contributed by atoms with Crippen LogP contribution < -0.4 is 10.2 Å². The number of hydrogen-bond acceptors (Lipinski definition) is 3. The molecule has 0 aromatic heterocycles. The SMILES string of the molecule is C=C1C(O)=C(C)N(C)c2cc(F)cc(Nc3ccc(C)cc3F)c21. The maximum absolute atomic E-state index is 14.1. The van der Waals surface area contributed by atoms with Crippen LogP contribution in [0.3, 0.4) is 0 Å². The monoisotopic (exact) mass is 328 g/mol. The summed E-state index contributed by atoms with van der Waals surface area (Å²) in [6, 6.07) is 7.40. The van der Waals surface area contributed by atoms with Gasteiger partial charge in [-0.1, -0.05) is 12.6 Å². The van der Waals surface area contributed by atoms with E-state index in [-0.39, 0.29) is 11.4 Å². The number of nitrogens with one attached hydrogen (secondary N) is 1. The van der Waals surface area contributed by atoms with E-state index in [9.17, 15) is 13.9 Å². The van der Waals surface area contributed by atoms with Gasteiger partial charge in [0.2, 0.25) is 0 Å². The Morgan fingerprint density at radius 1 is 1.08 bits per heavy atom. The Hall–Kier alpha value is -2.82. The van der Waals surface area contributed by atoms with Crippen LogP contribution in [0.4, 0.5) is 25.8 Å². The molecule has 0 amide bonds. The van der Waals surface area contributed by atoms with Gasteiger partial charge in [-0.25, -0.2) is 8.78 Å². The van der Waals surface area contributed by atoms with Crippen molar-refractivity contribution in [2.24, 2.45) is 0 Å². The number of halogens is 2. The summed E-state index contributed by atoms with van der Waals surface area (Å²) in [6.45, 7) is 7.41. The van der Waals surface area contributed by atoms with E-state index in [0.29, 0.717) is 28.2 Å². The van der Waals surface area contributed by atoms with Gasteiger partial charge in [-0.3, -0.25) is 0 Å². The molecule has 3 nitrogen and oxygen atoms in total. The maximum Gasteiger partial charge on any atom is 0.146 e. The van der Waals surface area contributed by atoms with Gasteiger partial charge in [-0.15, -0.1) is 0 Å². The molecule has 124 valence electrons. The number of aliphatic hydroxyl groups excluding tert-OH is 1. The second kappa shape index (κ2) is 5.67. The molecule has 1 aliphatic heterocycles. The van der Waals surface area contributed by atoms with Gasteiger partial charge in [-0.05, 0) is 43.7 Å². The molecule has 3 rings (SSSR count). The van der Waals surface area contributed by atoms with Gasteiger partial charge < -0.3 is 15.3 Å². The normalized spacial score (nSPS) is 14.0. The maximum atomic E-state index is 14.1. The molecule has 2 aromatic rings. The first-order chi connectivity index (χ1) is 11.3. The van der Waals surface area contributed by atoms with E-state index in [4.69, 9.17) is 0 Å². The lowest BCUT2D eigenvalue weighted by Gasteiger charge is -2.31. The van der Waals surface area contributed by atoms with E-state index < -0.39 is 11.6 Å². The van der Waals surface area contributed by atoms with E-state index >= 15 is 0 Å². The fourth-order valence-electron chi connectivity index (χ4n) is 2.82. The van der Waals surface area contributed by atoms with Crippen molar-refractivity contribution in [1.29, 1.82) is 0 Å². The van der Waals surface area contributed by atoms with Gasteiger partial charge in [0, 0.05) is 18.2 Å². The zero-order chi connectivity index (χ0) is 17.6. The van der Waals surface area contributed by atoms with Crippen LogP contribution in [0.15, 0.2) is 48.4 Å². The lowest BCUT2D eigenvalue weighted by Crippen LogP contribution is -2.23. The summed E-state index contributed by atoms with van der Waals surface area (Å²) >= 11 is 0. The van der Waals surface area contributed by atoms with Crippen molar-refractivity contribution >= 4 is 22.6 Å². The highest BCUT2D eigenvalue weighted by Gasteiger charge is 2.26. The van der Waals surface area contributed by atoms with Crippen molar-refractivity contribution in [3.05, 3.63) is 71.1 Å². The average Bonchev–Trinajstić information content (AvgIpc) is 2.53. The Morgan fingerprint density at radius 3 is 2.46 bits per heavy atom. The first-order valence-corrected chi connectivity index (χ1v) is 7.49. The lowest BCUT2D eigenvalue weighted by molar-refractivity contribution is 0.428. The van der Waals surface area contributed by atoms with Crippen molar-refractivity contribution in [2.45, 2.75) is 13.8 Å². The van der Waals surface area contributed by atoms with Crippen LogP contribution in [-0.4, -0.2) is 12.2 Å². The fourth-order valence-corrected chi connectivity index (χ4v) is 2.82. The summed E-state index contributed by atoms with van der Waals surface area (Å²) in [5, 5.41) is 13.2. The third-order valence-corrected chi connectivity index (χ3v) is 4.27. The highest BCUT2D eigenvalue weighted by Crippen LogP contribution is 2.43. The Bertz CT molecular complexity index is 887. The number of fused-ring (bicyclic) bond motifs is 1. The van der Waals surface area contributed by atoms with E-state index in [2.05, 4.69) is 11.9 Å². The standard InChI is InChI=1S/C19H18F2N2O/c1-10-5-6-15(14(21)7-10)22-16-8-13(20)9-17-18(16)11(2)19(24)12(3)23(17)4/h5-9,22,24H,2H2,1,3-4H3.